The van der Waals surface area contributed by atoms with E-state index in [9.17, 15) is 19.5 Å². The number of rotatable bonds is 45. The van der Waals surface area contributed by atoms with Crippen LogP contribution in [0.25, 0.3) is 0 Å². The molecule has 0 aliphatic rings. The van der Waals surface area contributed by atoms with E-state index in [-0.39, 0.29) is 32.2 Å². The average Bonchev–Trinajstić information content (AvgIpc) is 3.19. The summed E-state index contributed by atoms with van der Waals surface area (Å²) in [5.74, 6) is -2.00. The fraction of sp³-hybridized carbons (Fsp3) is 0.860. The van der Waals surface area contributed by atoms with Crippen LogP contribution >= 0.6 is 0 Å². The Morgan fingerprint density at radius 3 is 1.34 bits per heavy atom. The van der Waals surface area contributed by atoms with E-state index in [4.69, 9.17) is 18.9 Å². The van der Waals surface area contributed by atoms with E-state index in [1.54, 1.807) is 0 Å². The third-order valence-corrected chi connectivity index (χ3v) is 10.7. The highest BCUT2D eigenvalue weighted by Gasteiger charge is 2.25. The Bertz CT molecular complexity index is 1020. The second kappa shape index (κ2) is 42.5. The molecule has 0 rings (SSSR count). The summed E-state index contributed by atoms with van der Waals surface area (Å²) < 4.78 is 22.7. The number of carboxylic acids is 1. The highest BCUT2D eigenvalue weighted by Crippen LogP contribution is 2.16. The van der Waals surface area contributed by atoms with Gasteiger partial charge in [0.15, 0.2) is 6.10 Å². The predicted molar refractivity (Wildman–Crippen MR) is 244 cm³/mol. The number of hydrogen-bond donors (Lipinski definition) is 1. The van der Waals surface area contributed by atoms with Crippen LogP contribution in [0.1, 0.15) is 219 Å². The summed E-state index contributed by atoms with van der Waals surface area (Å²) >= 11 is 0. The van der Waals surface area contributed by atoms with E-state index in [1.165, 1.54) is 148 Å². The van der Waals surface area contributed by atoms with Crippen LogP contribution in [-0.2, 0) is 33.3 Å². The smallest absolute Gasteiger partial charge is 0.361 e. The number of unbranched alkanes of at least 4 members (excludes halogenated alkanes) is 26. The minimum absolute atomic E-state index is 0.178. The van der Waals surface area contributed by atoms with Gasteiger partial charge in [0.25, 0.3) is 6.29 Å². The van der Waals surface area contributed by atoms with Gasteiger partial charge in [-0.3, -0.25) is 9.59 Å². The molecule has 2 unspecified atom stereocenters. The highest BCUT2D eigenvalue weighted by molar-refractivity contribution is 5.71. The molecule has 0 aromatic rings. The number of hydrogen-bond acceptors (Lipinski definition) is 7. The molecule has 0 heterocycles. The van der Waals surface area contributed by atoms with Gasteiger partial charge in [-0.25, -0.2) is 4.79 Å². The molecule has 0 aromatic heterocycles. The monoisotopic (exact) mass is 837 g/mol. The van der Waals surface area contributed by atoms with Crippen LogP contribution in [-0.4, -0.2) is 87.4 Å². The number of quaternary nitrogens is 1. The maximum Gasteiger partial charge on any atom is 0.361 e. The third-order valence-electron chi connectivity index (χ3n) is 10.7. The van der Waals surface area contributed by atoms with Crippen molar-refractivity contribution in [3.63, 3.8) is 0 Å². The van der Waals surface area contributed by atoms with E-state index in [0.717, 1.165) is 44.9 Å². The van der Waals surface area contributed by atoms with Crippen LogP contribution in [0.5, 0.6) is 0 Å². The van der Waals surface area contributed by atoms with Gasteiger partial charge in [-0.15, -0.1) is 0 Å². The number of carbonyl (C=O) groups excluding carboxylic acids is 2. The van der Waals surface area contributed by atoms with Crippen LogP contribution in [0, 0.1) is 0 Å². The number of carboxylic acid groups (broad SMARTS) is 1. The van der Waals surface area contributed by atoms with Gasteiger partial charge >= 0.3 is 17.9 Å². The van der Waals surface area contributed by atoms with E-state index < -0.39 is 24.3 Å². The largest absolute Gasteiger partial charge is 0.477 e. The molecule has 1 N–H and O–H groups in total. The maximum atomic E-state index is 12.7. The fourth-order valence-electron chi connectivity index (χ4n) is 6.87. The van der Waals surface area contributed by atoms with Crippen molar-refractivity contribution in [3.05, 3.63) is 24.3 Å². The molecule has 0 bridgehead atoms. The second-order valence-corrected chi connectivity index (χ2v) is 17.8. The standard InChI is InChI=1S/C50H93NO8/c1-6-8-10-12-14-15-16-17-18-19-20-21-22-23-24-25-26-27-28-29-30-31-32-33-35-37-39-41-48(53)59-46(44-57-47(52)40-38-36-34-13-11-9-7-2)45-58-50(49(54)55)56-43-42-51(3,4)5/h16-17,19-20,46,50H,6-15,18,21-45H2,1-5H3/p+1/b17-16-,20-19-. The minimum Gasteiger partial charge on any atom is -0.477 e. The molecule has 0 aromatic carbocycles. The Morgan fingerprint density at radius 1 is 0.508 bits per heavy atom. The van der Waals surface area contributed by atoms with E-state index in [1.807, 2.05) is 21.1 Å². The van der Waals surface area contributed by atoms with Gasteiger partial charge in [0, 0.05) is 12.8 Å². The molecule has 0 spiro atoms. The first-order chi connectivity index (χ1) is 28.6. The zero-order chi connectivity index (χ0) is 43.5. The van der Waals surface area contributed by atoms with Crippen LogP contribution in [0.2, 0.25) is 0 Å². The first kappa shape index (κ1) is 56.8. The van der Waals surface area contributed by atoms with Gasteiger partial charge in [0.2, 0.25) is 0 Å². The van der Waals surface area contributed by atoms with Crippen LogP contribution in [0.3, 0.4) is 0 Å². The Balaban J connectivity index is 4.10. The summed E-state index contributed by atoms with van der Waals surface area (Å²) in [4.78, 5) is 36.9. The number of aliphatic carboxylic acids is 1. The normalized spacial score (nSPS) is 13.0. The molecule has 0 saturated carbocycles. The molecule has 0 saturated heterocycles. The average molecular weight is 837 g/mol. The molecule has 0 aliphatic carbocycles. The minimum atomic E-state index is -1.50. The quantitative estimate of drug-likeness (QED) is 0.0212. The third kappa shape index (κ3) is 43.7. The van der Waals surface area contributed by atoms with Crippen molar-refractivity contribution in [2.45, 2.75) is 232 Å². The summed E-state index contributed by atoms with van der Waals surface area (Å²) in [6.07, 6.45) is 44.2. The maximum absolute atomic E-state index is 12.7. The lowest BCUT2D eigenvalue weighted by Gasteiger charge is -2.25. The first-order valence-electron chi connectivity index (χ1n) is 24.5. The van der Waals surface area contributed by atoms with Crippen molar-refractivity contribution in [2.75, 3.05) is 47.5 Å². The Labute approximate surface area is 363 Å². The first-order valence-corrected chi connectivity index (χ1v) is 24.5. The van der Waals surface area contributed by atoms with Crippen molar-refractivity contribution >= 4 is 17.9 Å². The fourth-order valence-corrected chi connectivity index (χ4v) is 6.87. The highest BCUT2D eigenvalue weighted by atomic mass is 16.7. The van der Waals surface area contributed by atoms with E-state index in [2.05, 4.69) is 38.2 Å². The molecule has 0 amide bonds. The zero-order valence-electron chi connectivity index (χ0n) is 39.2. The summed E-state index contributed by atoms with van der Waals surface area (Å²) in [6.45, 7) is 4.83. The molecule has 0 fully saturated rings. The number of nitrogens with zero attached hydrogens (tertiary/aromatic N) is 1. The summed E-state index contributed by atoms with van der Waals surface area (Å²) in [7, 11) is 5.95. The lowest BCUT2D eigenvalue weighted by molar-refractivity contribution is -0.870. The Morgan fingerprint density at radius 2 is 0.915 bits per heavy atom. The number of ether oxygens (including phenoxy) is 4. The predicted octanol–water partition coefficient (Wildman–Crippen LogP) is 13.2. The SMILES string of the molecule is CCCCCCC/C=C\C/C=C\CCCCCCCCCCCCCCCCCC(=O)OC(COC(=O)CCCCCCCCC)COC(OCC[N+](C)(C)C)C(=O)O. The van der Waals surface area contributed by atoms with E-state index >= 15 is 0 Å². The molecule has 9 nitrogen and oxygen atoms in total. The van der Waals surface area contributed by atoms with Gasteiger partial charge < -0.3 is 28.5 Å². The van der Waals surface area contributed by atoms with Gasteiger partial charge in [-0.2, -0.15) is 0 Å². The van der Waals surface area contributed by atoms with Crippen molar-refractivity contribution in [1.82, 2.24) is 0 Å². The second-order valence-electron chi connectivity index (χ2n) is 17.8. The van der Waals surface area contributed by atoms with Crippen molar-refractivity contribution in [3.8, 4) is 0 Å². The Hall–Kier alpha value is -2.23. The molecule has 346 valence electrons. The van der Waals surface area contributed by atoms with Crippen molar-refractivity contribution in [1.29, 1.82) is 0 Å². The van der Waals surface area contributed by atoms with Crippen molar-refractivity contribution in [2.24, 2.45) is 0 Å². The van der Waals surface area contributed by atoms with Crippen LogP contribution in [0.4, 0.5) is 0 Å². The summed E-state index contributed by atoms with van der Waals surface area (Å²) in [6, 6.07) is 0. The summed E-state index contributed by atoms with van der Waals surface area (Å²) in [5.41, 5.74) is 0. The molecule has 59 heavy (non-hydrogen) atoms. The molecule has 9 heteroatoms. The topological polar surface area (TPSA) is 108 Å². The zero-order valence-corrected chi connectivity index (χ0v) is 39.2. The molecular formula is C50H94NO8+. The van der Waals surface area contributed by atoms with Gasteiger partial charge in [0.1, 0.15) is 13.2 Å². The number of likely N-dealkylation sites (N-methyl/N-ethyl adjacent to an activating group) is 1. The van der Waals surface area contributed by atoms with Gasteiger partial charge in [-0.05, 0) is 44.9 Å². The van der Waals surface area contributed by atoms with E-state index in [0.29, 0.717) is 17.4 Å². The van der Waals surface area contributed by atoms with Gasteiger partial charge in [0.05, 0.1) is 34.4 Å². The summed E-state index contributed by atoms with van der Waals surface area (Å²) in [5, 5.41) is 9.61. The lowest BCUT2D eigenvalue weighted by atomic mass is 10.0. The van der Waals surface area contributed by atoms with Gasteiger partial charge in [-0.1, -0.05) is 186 Å². The molecule has 0 aliphatic heterocycles. The van der Waals surface area contributed by atoms with Crippen molar-refractivity contribution < 1.29 is 42.9 Å². The number of carbonyl (C=O) groups is 3. The van der Waals surface area contributed by atoms with Crippen LogP contribution < -0.4 is 0 Å². The lowest BCUT2D eigenvalue weighted by Crippen LogP contribution is -2.40. The molecule has 0 radical (unpaired) electrons. The molecular weight excluding hydrogens is 743 g/mol. The Kier molecular flexibility index (Phi) is 40.9. The molecule has 2 atom stereocenters. The number of allylic oxidation sites excluding steroid dienone is 4. The number of esters is 2. The van der Waals surface area contributed by atoms with Crippen LogP contribution in [0.15, 0.2) is 24.3 Å².